The average molecular weight is 585 g/mol. The number of thioether (sulfide) groups is 1. The van der Waals surface area contributed by atoms with E-state index in [0.29, 0.717) is 16.9 Å². The summed E-state index contributed by atoms with van der Waals surface area (Å²) in [4.78, 5) is 15.6. The van der Waals surface area contributed by atoms with Crippen LogP contribution in [0, 0.1) is 0 Å². The van der Waals surface area contributed by atoms with E-state index in [9.17, 15) is 36.6 Å². The molecule has 39 heavy (non-hydrogen) atoms. The molecule has 3 N–H and O–H groups in total. The van der Waals surface area contributed by atoms with Gasteiger partial charge in [-0.1, -0.05) is 30.3 Å². The fraction of sp³-hybridized carbons (Fsp3) is 0.308. The highest BCUT2D eigenvalue weighted by atomic mass is 32.2. The molecule has 0 aliphatic rings. The normalized spacial score (nSPS) is 14.4. The van der Waals surface area contributed by atoms with Gasteiger partial charge in [0.2, 0.25) is 10.0 Å². The number of hydrogen-bond donors (Lipinski definition) is 3. The van der Waals surface area contributed by atoms with Crippen LogP contribution in [0.4, 0.5) is 13.2 Å². The number of hydrogen-bond acceptors (Lipinski definition) is 7. The Labute approximate surface area is 228 Å². The van der Waals surface area contributed by atoms with E-state index >= 15 is 0 Å². The number of rotatable bonds is 12. The first-order valence-electron chi connectivity index (χ1n) is 11.6. The van der Waals surface area contributed by atoms with Crippen LogP contribution in [-0.2, 0) is 21.0 Å². The lowest BCUT2D eigenvalue weighted by Crippen LogP contribution is -2.46. The zero-order chi connectivity index (χ0) is 28.8. The maximum absolute atomic E-state index is 13.3. The lowest BCUT2D eigenvalue weighted by Gasteiger charge is -2.27. The van der Waals surface area contributed by atoms with Gasteiger partial charge in [-0.05, 0) is 49.2 Å². The van der Waals surface area contributed by atoms with Gasteiger partial charge in [-0.2, -0.15) is 17.9 Å². The number of nitrogens with zero attached hydrogens (tertiary/aromatic N) is 1. The Morgan fingerprint density at radius 2 is 1.77 bits per heavy atom. The fourth-order valence-corrected chi connectivity index (χ4v) is 6.40. The summed E-state index contributed by atoms with van der Waals surface area (Å²) in [6, 6.07) is 13.0. The minimum atomic E-state index is -4.60. The van der Waals surface area contributed by atoms with Crippen molar-refractivity contribution >= 4 is 27.8 Å². The summed E-state index contributed by atoms with van der Waals surface area (Å²) < 4.78 is 73.4. The van der Waals surface area contributed by atoms with Gasteiger partial charge in [0.1, 0.15) is 16.8 Å². The molecule has 0 saturated carbocycles. The zero-order valence-corrected chi connectivity index (χ0v) is 22.6. The Kier molecular flexibility index (Phi) is 9.64. The van der Waals surface area contributed by atoms with Crippen LogP contribution in [0.3, 0.4) is 0 Å². The lowest BCUT2D eigenvalue weighted by molar-refractivity contribution is -0.141. The van der Waals surface area contributed by atoms with Crippen molar-refractivity contribution in [1.82, 2.24) is 9.71 Å². The number of ether oxygens (including phenoxy) is 1. The monoisotopic (exact) mass is 584 g/mol. The number of carboxylic acid groups (broad SMARTS) is 1. The number of carbonyl (C=O) groups is 1. The van der Waals surface area contributed by atoms with Crippen LogP contribution in [0.2, 0.25) is 0 Å². The van der Waals surface area contributed by atoms with Crippen LogP contribution in [0.25, 0.3) is 11.1 Å². The summed E-state index contributed by atoms with van der Waals surface area (Å²) in [5.74, 6) is -0.967. The zero-order valence-electron chi connectivity index (χ0n) is 21.0. The maximum atomic E-state index is 13.3. The quantitative estimate of drug-likeness (QED) is 0.259. The Bertz CT molecular complexity index is 1400. The largest absolute Gasteiger partial charge is 0.497 e. The molecule has 0 amide bonds. The van der Waals surface area contributed by atoms with Crippen molar-refractivity contribution in [1.29, 1.82) is 0 Å². The van der Waals surface area contributed by atoms with Crippen molar-refractivity contribution in [3.8, 4) is 16.9 Å². The van der Waals surface area contributed by atoms with Gasteiger partial charge in [0.15, 0.2) is 0 Å². The van der Waals surface area contributed by atoms with Gasteiger partial charge in [-0.3, -0.25) is 4.79 Å². The summed E-state index contributed by atoms with van der Waals surface area (Å²) in [6.07, 6.45) is -4.04. The predicted molar refractivity (Wildman–Crippen MR) is 140 cm³/mol. The molecule has 2 atom stereocenters. The number of pyridine rings is 1. The van der Waals surface area contributed by atoms with Crippen LogP contribution in [0.5, 0.6) is 5.75 Å². The Balaban J connectivity index is 1.74. The van der Waals surface area contributed by atoms with Crippen LogP contribution in [0.15, 0.2) is 76.8 Å². The number of aromatic nitrogens is 1. The topological polar surface area (TPSA) is 126 Å². The van der Waals surface area contributed by atoms with E-state index < -0.39 is 45.8 Å². The molecule has 0 saturated heterocycles. The van der Waals surface area contributed by atoms with Gasteiger partial charge >= 0.3 is 12.1 Å². The number of alkyl halides is 3. The summed E-state index contributed by atoms with van der Waals surface area (Å²) >= 11 is 0.762. The molecule has 1 heterocycles. The van der Waals surface area contributed by atoms with Gasteiger partial charge < -0.3 is 14.9 Å². The minimum absolute atomic E-state index is 0.0213. The molecule has 0 radical (unpaired) electrons. The second-order valence-corrected chi connectivity index (χ2v) is 11.7. The Hall–Kier alpha value is -3.13. The number of methoxy groups -OCH3 is 1. The second kappa shape index (κ2) is 12.4. The predicted octanol–water partition coefficient (Wildman–Crippen LogP) is 4.83. The smallest absolute Gasteiger partial charge is 0.419 e. The first kappa shape index (κ1) is 30.4. The molecule has 8 nitrogen and oxygen atoms in total. The third-order valence-electron chi connectivity index (χ3n) is 5.77. The van der Waals surface area contributed by atoms with Gasteiger partial charge in [0.05, 0.1) is 23.2 Å². The minimum Gasteiger partial charge on any atom is -0.497 e. The average Bonchev–Trinajstić information content (AvgIpc) is 2.87. The third-order valence-corrected chi connectivity index (χ3v) is 8.31. The highest BCUT2D eigenvalue weighted by molar-refractivity contribution is 7.99. The van der Waals surface area contributed by atoms with Gasteiger partial charge in [0, 0.05) is 23.9 Å². The molecule has 2 unspecified atom stereocenters. The molecule has 3 rings (SSSR count). The van der Waals surface area contributed by atoms with E-state index in [1.165, 1.54) is 38.4 Å². The van der Waals surface area contributed by atoms with Crippen LogP contribution >= 0.6 is 11.8 Å². The molecule has 0 aliphatic carbocycles. The third kappa shape index (κ3) is 8.18. The van der Waals surface area contributed by atoms with Crippen LogP contribution < -0.4 is 9.46 Å². The van der Waals surface area contributed by atoms with E-state index in [-0.39, 0.29) is 22.1 Å². The summed E-state index contributed by atoms with van der Waals surface area (Å²) in [6.45, 7) is 1.30. The number of halogens is 3. The van der Waals surface area contributed by atoms with Crippen LogP contribution in [-0.4, -0.2) is 54.1 Å². The maximum Gasteiger partial charge on any atom is 0.419 e. The van der Waals surface area contributed by atoms with Gasteiger partial charge in [-0.25, -0.2) is 13.4 Å². The molecular formula is C26H27F3N2O6S2. The molecule has 0 fully saturated rings. The highest BCUT2D eigenvalue weighted by Crippen LogP contribution is 2.36. The van der Waals surface area contributed by atoms with E-state index in [2.05, 4.69) is 9.71 Å². The van der Waals surface area contributed by atoms with E-state index in [1.54, 1.807) is 36.4 Å². The number of aliphatic hydroxyl groups is 1. The number of nitrogens with one attached hydrogen (secondary N) is 1. The van der Waals surface area contributed by atoms with E-state index in [4.69, 9.17) is 4.74 Å². The number of sulfonamides is 1. The van der Waals surface area contributed by atoms with Crippen molar-refractivity contribution in [3.05, 3.63) is 72.4 Å². The summed E-state index contributed by atoms with van der Waals surface area (Å²) in [5, 5.41) is 20.3. The van der Waals surface area contributed by atoms with E-state index in [1.807, 2.05) is 0 Å². The summed E-state index contributed by atoms with van der Waals surface area (Å²) in [5.41, 5.74) is -1.75. The molecule has 13 heteroatoms. The first-order chi connectivity index (χ1) is 18.2. The molecule has 1 aromatic heterocycles. The molecule has 2 aromatic carbocycles. The van der Waals surface area contributed by atoms with E-state index in [0.717, 1.165) is 17.8 Å². The molecule has 0 aliphatic heterocycles. The summed E-state index contributed by atoms with van der Waals surface area (Å²) in [7, 11) is -2.87. The molecule has 210 valence electrons. The van der Waals surface area contributed by atoms with Crippen molar-refractivity contribution in [2.45, 2.75) is 47.5 Å². The van der Waals surface area contributed by atoms with Crippen molar-refractivity contribution < 1.29 is 41.3 Å². The number of carboxylic acids is 1. The lowest BCUT2D eigenvalue weighted by atomic mass is 9.95. The second-order valence-electron chi connectivity index (χ2n) is 8.89. The van der Waals surface area contributed by atoms with Gasteiger partial charge in [0.25, 0.3) is 0 Å². The SMILES string of the molecule is COc1ccc(-c2ccccc2S(=O)(=O)NC(CC(C)(O)CCSc2ncccc2C(F)(F)F)C(=O)O)cc1. The highest BCUT2D eigenvalue weighted by Gasteiger charge is 2.36. The van der Waals surface area contributed by atoms with Gasteiger partial charge in [-0.15, -0.1) is 11.8 Å². The first-order valence-corrected chi connectivity index (χ1v) is 14.1. The number of aliphatic carboxylic acids is 1. The Morgan fingerprint density at radius 3 is 2.38 bits per heavy atom. The number of benzene rings is 2. The fourth-order valence-electron chi connectivity index (χ4n) is 3.77. The van der Waals surface area contributed by atoms with Crippen LogP contribution in [0.1, 0.15) is 25.3 Å². The molecular weight excluding hydrogens is 557 g/mol. The van der Waals surface area contributed by atoms with Crippen molar-refractivity contribution in [3.63, 3.8) is 0 Å². The molecule has 3 aromatic rings. The van der Waals surface area contributed by atoms with Crippen molar-refractivity contribution in [2.24, 2.45) is 0 Å². The van der Waals surface area contributed by atoms with Crippen molar-refractivity contribution in [2.75, 3.05) is 12.9 Å². The Morgan fingerprint density at radius 1 is 1.10 bits per heavy atom. The standard InChI is InChI=1S/C26H27F3N2O6S2/c1-25(34,13-15-38-23-20(26(27,28)29)7-5-14-30-23)16-21(24(32)33)31-39(35,36)22-8-4-3-6-19(22)17-9-11-18(37-2)12-10-17/h3-12,14,21,31,34H,13,15-16H2,1-2H3,(H,32,33). The molecule has 0 spiro atoms. The molecule has 0 bridgehead atoms.